The maximum atomic E-state index is 12.9. The van der Waals surface area contributed by atoms with Crippen LogP contribution in [0, 0.1) is 5.82 Å². The summed E-state index contributed by atoms with van der Waals surface area (Å²) in [5.41, 5.74) is 4.65. The van der Waals surface area contributed by atoms with Gasteiger partial charge in [-0.25, -0.2) is 4.39 Å². The van der Waals surface area contributed by atoms with Crippen molar-refractivity contribution in [2.45, 2.75) is 12.2 Å². The molecule has 1 aromatic carbocycles. The number of thiophene rings is 1. The topological polar surface area (TPSA) is 26.0 Å². The van der Waals surface area contributed by atoms with Crippen molar-refractivity contribution in [1.82, 2.24) is 0 Å². The van der Waals surface area contributed by atoms with Gasteiger partial charge in [0.15, 0.2) is 0 Å². The van der Waals surface area contributed by atoms with Crippen LogP contribution in [0.1, 0.15) is 22.0 Å². The first-order valence-corrected chi connectivity index (χ1v) is 5.93. The maximum absolute atomic E-state index is 12.9. The molecule has 1 aromatic heterocycles. The maximum Gasteiger partial charge on any atom is 0.416 e. The molecule has 1 atom stereocenters. The fourth-order valence-corrected chi connectivity index (χ4v) is 2.41. The molecule has 0 amide bonds. The highest BCUT2D eigenvalue weighted by atomic mass is 32.1. The number of rotatable bonds is 2. The molecule has 0 saturated carbocycles. The monoisotopic (exact) mass is 275 g/mol. The molecule has 0 radical (unpaired) electrons. The van der Waals surface area contributed by atoms with Crippen LogP contribution in [0.2, 0.25) is 0 Å². The van der Waals surface area contributed by atoms with Crippen LogP contribution >= 0.6 is 11.3 Å². The molecule has 0 aliphatic heterocycles. The average Bonchev–Trinajstić information content (AvgIpc) is 2.80. The predicted octanol–water partition coefficient (Wildman–Crippen LogP) is 3.95. The van der Waals surface area contributed by atoms with Gasteiger partial charge in [-0.1, -0.05) is 12.1 Å². The lowest BCUT2D eigenvalue weighted by molar-refractivity contribution is -0.138. The molecule has 0 aliphatic rings. The first kappa shape index (κ1) is 13.0. The normalized spacial score (nSPS) is 13.6. The summed E-state index contributed by atoms with van der Waals surface area (Å²) >= 11 is 1.26. The lowest BCUT2D eigenvalue weighted by Gasteiger charge is -2.17. The van der Waals surface area contributed by atoms with Crippen LogP contribution in [0.25, 0.3) is 0 Å². The van der Waals surface area contributed by atoms with Crippen molar-refractivity contribution in [3.63, 3.8) is 0 Å². The summed E-state index contributed by atoms with van der Waals surface area (Å²) < 4.78 is 51.4. The second-order valence-electron chi connectivity index (χ2n) is 3.72. The van der Waals surface area contributed by atoms with Gasteiger partial charge in [-0.15, -0.1) is 11.3 Å². The standard InChI is InChI=1S/C12H9F4NS/c13-7-3-4-8(9(6-7)12(14,15)16)11(17)10-2-1-5-18-10/h1-6,11H,17H2/t11-/m0/s1. The fourth-order valence-electron chi connectivity index (χ4n) is 1.67. The zero-order valence-corrected chi connectivity index (χ0v) is 9.86. The molecule has 0 spiro atoms. The first-order valence-electron chi connectivity index (χ1n) is 5.05. The molecular formula is C12H9F4NS. The Morgan fingerprint density at radius 3 is 2.44 bits per heavy atom. The quantitative estimate of drug-likeness (QED) is 0.825. The van der Waals surface area contributed by atoms with Crippen molar-refractivity contribution in [2.75, 3.05) is 0 Å². The Bertz CT molecular complexity index is 534. The van der Waals surface area contributed by atoms with Crippen LogP contribution < -0.4 is 5.73 Å². The minimum absolute atomic E-state index is 0.119. The van der Waals surface area contributed by atoms with Crippen molar-refractivity contribution in [1.29, 1.82) is 0 Å². The highest BCUT2D eigenvalue weighted by Crippen LogP contribution is 2.36. The Kier molecular flexibility index (Phi) is 3.41. The highest BCUT2D eigenvalue weighted by molar-refractivity contribution is 7.10. The molecule has 2 rings (SSSR count). The summed E-state index contributed by atoms with van der Waals surface area (Å²) in [5, 5.41) is 1.73. The number of nitrogens with two attached hydrogens (primary N) is 1. The Balaban J connectivity index is 2.51. The largest absolute Gasteiger partial charge is 0.416 e. The number of hydrogen-bond acceptors (Lipinski definition) is 2. The van der Waals surface area contributed by atoms with Gasteiger partial charge in [-0.2, -0.15) is 13.2 Å². The molecule has 2 N–H and O–H groups in total. The van der Waals surface area contributed by atoms with E-state index in [1.54, 1.807) is 17.5 Å². The van der Waals surface area contributed by atoms with E-state index in [9.17, 15) is 17.6 Å². The molecule has 0 unspecified atom stereocenters. The second kappa shape index (κ2) is 4.70. The Morgan fingerprint density at radius 2 is 1.89 bits per heavy atom. The molecule has 0 bridgehead atoms. The van der Waals surface area contributed by atoms with E-state index in [0.717, 1.165) is 12.1 Å². The van der Waals surface area contributed by atoms with Crippen molar-refractivity contribution in [3.05, 3.63) is 57.5 Å². The Morgan fingerprint density at radius 1 is 1.17 bits per heavy atom. The van der Waals surface area contributed by atoms with Crippen LogP contribution in [0.3, 0.4) is 0 Å². The number of alkyl halides is 3. The average molecular weight is 275 g/mol. The molecular weight excluding hydrogens is 266 g/mol. The third kappa shape index (κ3) is 2.54. The van der Waals surface area contributed by atoms with Crippen LogP contribution in [0.15, 0.2) is 35.7 Å². The van der Waals surface area contributed by atoms with Crippen molar-refractivity contribution < 1.29 is 17.6 Å². The number of benzene rings is 1. The minimum Gasteiger partial charge on any atom is -0.320 e. The third-order valence-corrected chi connectivity index (χ3v) is 3.46. The summed E-state index contributed by atoms with van der Waals surface area (Å²) in [5.74, 6) is -0.926. The zero-order valence-electron chi connectivity index (χ0n) is 9.04. The molecule has 0 aliphatic carbocycles. The van der Waals surface area contributed by atoms with E-state index >= 15 is 0 Å². The van der Waals surface area contributed by atoms with E-state index in [1.807, 2.05) is 0 Å². The number of hydrogen-bond donors (Lipinski definition) is 1. The van der Waals surface area contributed by atoms with Gasteiger partial charge < -0.3 is 5.73 Å². The second-order valence-corrected chi connectivity index (χ2v) is 4.70. The van der Waals surface area contributed by atoms with Gasteiger partial charge in [-0.3, -0.25) is 0 Å². The van der Waals surface area contributed by atoms with Gasteiger partial charge in [0.05, 0.1) is 11.6 Å². The third-order valence-electron chi connectivity index (χ3n) is 2.51. The predicted molar refractivity (Wildman–Crippen MR) is 61.8 cm³/mol. The minimum atomic E-state index is -4.62. The Labute approximate surface area is 105 Å². The summed E-state index contributed by atoms with van der Waals surface area (Å²) in [6, 6.07) is 5.00. The summed E-state index contributed by atoms with van der Waals surface area (Å²) in [6.07, 6.45) is -4.62. The lowest BCUT2D eigenvalue weighted by atomic mass is 9.99. The smallest absolute Gasteiger partial charge is 0.320 e. The van der Waals surface area contributed by atoms with E-state index in [2.05, 4.69) is 0 Å². The van der Waals surface area contributed by atoms with E-state index in [-0.39, 0.29) is 5.56 Å². The lowest BCUT2D eigenvalue weighted by Crippen LogP contribution is -2.18. The van der Waals surface area contributed by atoms with Crippen molar-refractivity contribution >= 4 is 11.3 Å². The van der Waals surface area contributed by atoms with E-state index < -0.39 is 23.6 Å². The number of halogens is 4. The molecule has 96 valence electrons. The van der Waals surface area contributed by atoms with Gasteiger partial charge in [0, 0.05) is 4.88 Å². The van der Waals surface area contributed by atoms with E-state index in [4.69, 9.17) is 5.73 Å². The first-order chi connectivity index (χ1) is 8.39. The van der Waals surface area contributed by atoms with Crippen molar-refractivity contribution in [2.24, 2.45) is 5.73 Å². The van der Waals surface area contributed by atoms with Gasteiger partial charge in [0.25, 0.3) is 0 Å². The van der Waals surface area contributed by atoms with Gasteiger partial charge >= 0.3 is 6.18 Å². The summed E-state index contributed by atoms with van der Waals surface area (Å²) in [7, 11) is 0. The van der Waals surface area contributed by atoms with Crippen LogP contribution in [0.4, 0.5) is 17.6 Å². The molecule has 18 heavy (non-hydrogen) atoms. The van der Waals surface area contributed by atoms with E-state index in [1.165, 1.54) is 11.3 Å². The SMILES string of the molecule is N[C@H](c1cccs1)c1ccc(F)cc1C(F)(F)F. The molecule has 2 aromatic rings. The Hall–Kier alpha value is -1.40. The van der Waals surface area contributed by atoms with Gasteiger partial charge in [0.1, 0.15) is 5.82 Å². The van der Waals surface area contributed by atoms with Crippen LogP contribution in [-0.2, 0) is 6.18 Å². The zero-order chi connectivity index (χ0) is 13.3. The van der Waals surface area contributed by atoms with E-state index in [0.29, 0.717) is 10.9 Å². The molecule has 0 saturated heterocycles. The summed E-state index contributed by atoms with van der Waals surface area (Å²) in [6.45, 7) is 0. The molecule has 6 heteroatoms. The van der Waals surface area contributed by atoms with Crippen LogP contribution in [0.5, 0.6) is 0 Å². The van der Waals surface area contributed by atoms with Crippen molar-refractivity contribution in [3.8, 4) is 0 Å². The molecule has 0 fully saturated rings. The van der Waals surface area contributed by atoms with Gasteiger partial charge in [-0.05, 0) is 29.1 Å². The molecule has 1 nitrogen and oxygen atoms in total. The van der Waals surface area contributed by atoms with Crippen LogP contribution in [-0.4, -0.2) is 0 Å². The van der Waals surface area contributed by atoms with Gasteiger partial charge in [0.2, 0.25) is 0 Å². The summed E-state index contributed by atoms with van der Waals surface area (Å²) in [4.78, 5) is 0.604. The highest BCUT2D eigenvalue weighted by Gasteiger charge is 2.35. The molecule has 1 heterocycles. The fraction of sp³-hybridized carbons (Fsp3) is 0.167.